The Bertz CT molecular complexity index is 527. The minimum absolute atomic E-state index is 0.163. The lowest BCUT2D eigenvalue weighted by atomic mass is 10.1. The predicted molar refractivity (Wildman–Crippen MR) is 53.4 cm³/mol. The zero-order chi connectivity index (χ0) is 10.8. The number of hydrazine groups is 1. The summed E-state index contributed by atoms with van der Waals surface area (Å²) in [6, 6.07) is 5.76. The van der Waals surface area contributed by atoms with Crippen molar-refractivity contribution in [1.29, 1.82) is 0 Å². The summed E-state index contributed by atoms with van der Waals surface area (Å²) in [6.45, 7) is 0. The quantitative estimate of drug-likeness (QED) is 0.414. The van der Waals surface area contributed by atoms with Crippen molar-refractivity contribution in [3.8, 4) is 0 Å². The van der Waals surface area contributed by atoms with Crippen LogP contribution in [0.4, 0.5) is 4.39 Å². The van der Waals surface area contributed by atoms with E-state index in [9.17, 15) is 9.18 Å². The highest BCUT2D eigenvalue weighted by molar-refractivity contribution is 5.95. The number of nitrogens with two attached hydrogens (primary N) is 1. The predicted octanol–water partition coefficient (Wildman–Crippen LogP) is 0.977. The molecule has 1 amide bonds. The molecule has 1 heterocycles. The number of nitrogens with one attached hydrogen (secondary N) is 1. The molecule has 0 radical (unpaired) electrons. The molecule has 0 aliphatic heterocycles. The van der Waals surface area contributed by atoms with Crippen LogP contribution in [0.5, 0.6) is 0 Å². The second-order valence-electron chi connectivity index (χ2n) is 3.03. The third-order valence-electron chi connectivity index (χ3n) is 2.05. The van der Waals surface area contributed by atoms with Gasteiger partial charge < -0.3 is 0 Å². The number of aromatic nitrogens is 1. The van der Waals surface area contributed by atoms with Gasteiger partial charge in [0.05, 0.1) is 0 Å². The van der Waals surface area contributed by atoms with Crippen LogP contribution in [0, 0.1) is 5.82 Å². The third kappa shape index (κ3) is 1.77. The lowest BCUT2D eigenvalue weighted by Gasteiger charge is -2.01. The fourth-order valence-electron chi connectivity index (χ4n) is 1.31. The number of amides is 1. The Morgan fingerprint density at radius 1 is 1.33 bits per heavy atom. The zero-order valence-corrected chi connectivity index (χ0v) is 7.70. The van der Waals surface area contributed by atoms with E-state index in [1.807, 2.05) is 5.43 Å². The standard InChI is InChI=1S/C10H8FN3O/c11-8-2-1-6-5-13-9(10(15)14-12)4-7(6)3-8/h1-5H,12H2,(H,14,15). The number of nitrogen functional groups attached to an aromatic ring is 1. The SMILES string of the molecule is NNC(=O)c1cc2cc(F)ccc2cn1. The molecule has 0 aliphatic carbocycles. The number of rotatable bonds is 1. The van der Waals surface area contributed by atoms with E-state index < -0.39 is 5.91 Å². The van der Waals surface area contributed by atoms with Crippen LogP contribution in [-0.2, 0) is 0 Å². The van der Waals surface area contributed by atoms with E-state index >= 15 is 0 Å². The average Bonchev–Trinajstić information content (AvgIpc) is 2.27. The topological polar surface area (TPSA) is 68.0 Å². The lowest BCUT2D eigenvalue weighted by molar-refractivity contribution is 0.0949. The smallest absolute Gasteiger partial charge is 0.283 e. The Labute approximate surface area is 84.9 Å². The van der Waals surface area contributed by atoms with Gasteiger partial charge in [-0.15, -0.1) is 0 Å². The van der Waals surface area contributed by atoms with Crippen molar-refractivity contribution >= 4 is 16.7 Å². The molecule has 2 aromatic rings. The van der Waals surface area contributed by atoms with Gasteiger partial charge in [-0.05, 0) is 29.7 Å². The molecule has 2 rings (SSSR count). The fourth-order valence-corrected chi connectivity index (χ4v) is 1.31. The van der Waals surface area contributed by atoms with Crippen LogP contribution in [0.2, 0.25) is 0 Å². The Balaban J connectivity index is 2.59. The van der Waals surface area contributed by atoms with Crippen LogP contribution >= 0.6 is 0 Å². The highest BCUT2D eigenvalue weighted by Crippen LogP contribution is 2.15. The van der Waals surface area contributed by atoms with Gasteiger partial charge in [0.15, 0.2) is 0 Å². The Hall–Kier alpha value is -2.01. The third-order valence-corrected chi connectivity index (χ3v) is 2.05. The normalized spacial score (nSPS) is 10.3. The molecule has 5 heteroatoms. The van der Waals surface area contributed by atoms with Gasteiger partial charge in [-0.1, -0.05) is 0 Å². The molecule has 0 unspecified atom stereocenters. The van der Waals surface area contributed by atoms with Crippen LogP contribution in [-0.4, -0.2) is 10.9 Å². The number of carbonyl (C=O) groups excluding carboxylic acids is 1. The maximum atomic E-state index is 12.9. The number of pyridine rings is 1. The van der Waals surface area contributed by atoms with Crippen molar-refractivity contribution < 1.29 is 9.18 Å². The van der Waals surface area contributed by atoms with Crippen molar-refractivity contribution in [1.82, 2.24) is 10.4 Å². The van der Waals surface area contributed by atoms with Gasteiger partial charge in [-0.25, -0.2) is 10.2 Å². The van der Waals surface area contributed by atoms with Gasteiger partial charge >= 0.3 is 0 Å². The van der Waals surface area contributed by atoms with Crippen molar-refractivity contribution in [3.63, 3.8) is 0 Å². The van der Waals surface area contributed by atoms with Gasteiger partial charge in [0.25, 0.3) is 5.91 Å². The number of hydrogen-bond donors (Lipinski definition) is 2. The first-order valence-corrected chi connectivity index (χ1v) is 4.27. The van der Waals surface area contributed by atoms with Gasteiger partial charge in [-0.2, -0.15) is 0 Å². The van der Waals surface area contributed by atoms with E-state index in [1.54, 1.807) is 6.07 Å². The molecular formula is C10H8FN3O. The van der Waals surface area contributed by atoms with Gasteiger partial charge in [-0.3, -0.25) is 15.2 Å². The van der Waals surface area contributed by atoms with Gasteiger partial charge in [0, 0.05) is 11.6 Å². The number of halogens is 1. The first-order chi connectivity index (χ1) is 7.20. The van der Waals surface area contributed by atoms with Crippen LogP contribution in [0.3, 0.4) is 0 Å². The summed E-state index contributed by atoms with van der Waals surface area (Å²) >= 11 is 0. The van der Waals surface area contributed by atoms with E-state index in [0.717, 1.165) is 5.39 Å². The van der Waals surface area contributed by atoms with E-state index in [-0.39, 0.29) is 11.5 Å². The van der Waals surface area contributed by atoms with Crippen molar-refractivity contribution in [2.24, 2.45) is 5.84 Å². The molecular weight excluding hydrogens is 197 g/mol. The number of fused-ring (bicyclic) bond motifs is 1. The largest absolute Gasteiger partial charge is 0.289 e. The van der Waals surface area contributed by atoms with Crippen LogP contribution in [0.25, 0.3) is 10.8 Å². The summed E-state index contributed by atoms with van der Waals surface area (Å²) in [4.78, 5) is 15.0. The first-order valence-electron chi connectivity index (χ1n) is 4.27. The van der Waals surface area contributed by atoms with Crippen LogP contribution < -0.4 is 11.3 Å². The van der Waals surface area contributed by atoms with Crippen molar-refractivity contribution in [3.05, 3.63) is 42.0 Å². The molecule has 0 atom stereocenters. The molecule has 0 saturated heterocycles. The molecule has 1 aromatic carbocycles. The van der Waals surface area contributed by atoms with E-state index in [4.69, 9.17) is 5.84 Å². The zero-order valence-electron chi connectivity index (χ0n) is 7.70. The van der Waals surface area contributed by atoms with E-state index in [1.165, 1.54) is 24.4 Å². The minimum Gasteiger partial charge on any atom is -0.289 e. The molecule has 3 N–H and O–H groups in total. The Kier molecular flexibility index (Phi) is 2.31. The molecule has 1 aromatic heterocycles. The van der Waals surface area contributed by atoms with Crippen LogP contribution in [0.15, 0.2) is 30.5 Å². The Morgan fingerprint density at radius 3 is 2.87 bits per heavy atom. The fraction of sp³-hybridized carbons (Fsp3) is 0. The molecule has 0 spiro atoms. The molecule has 0 aliphatic rings. The number of benzene rings is 1. The molecule has 0 saturated carbocycles. The maximum Gasteiger partial charge on any atom is 0.283 e. The lowest BCUT2D eigenvalue weighted by Crippen LogP contribution is -2.30. The summed E-state index contributed by atoms with van der Waals surface area (Å²) in [6.07, 6.45) is 1.50. The highest BCUT2D eigenvalue weighted by atomic mass is 19.1. The second kappa shape index (κ2) is 3.62. The summed E-state index contributed by atoms with van der Waals surface area (Å²) in [7, 11) is 0. The second-order valence-corrected chi connectivity index (χ2v) is 3.03. The monoisotopic (exact) mass is 205 g/mol. The summed E-state index contributed by atoms with van der Waals surface area (Å²) in [5.74, 6) is 4.11. The molecule has 76 valence electrons. The minimum atomic E-state index is -0.499. The van der Waals surface area contributed by atoms with E-state index in [2.05, 4.69) is 4.98 Å². The number of carbonyl (C=O) groups is 1. The number of hydrogen-bond acceptors (Lipinski definition) is 3. The average molecular weight is 205 g/mol. The molecule has 4 nitrogen and oxygen atoms in total. The van der Waals surface area contributed by atoms with Crippen LogP contribution in [0.1, 0.15) is 10.5 Å². The highest BCUT2D eigenvalue weighted by Gasteiger charge is 2.06. The molecule has 15 heavy (non-hydrogen) atoms. The Morgan fingerprint density at radius 2 is 2.13 bits per heavy atom. The summed E-state index contributed by atoms with van der Waals surface area (Å²) in [5, 5.41) is 1.38. The molecule has 0 bridgehead atoms. The van der Waals surface area contributed by atoms with Crippen molar-refractivity contribution in [2.75, 3.05) is 0 Å². The van der Waals surface area contributed by atoms with Gasteiger partial charge in [0.2, 0.25) is 0 Å². The summed E-state index contributed by atoms with van der Waals surface area (Å²) in [5.41, 5.74) is 2.13. The molecule has 0 fully saturated rings. The first kappa shape index (κ1) is 9.54. The number of nitrogens with zero attached hydrogens (tertiary/aromatic N) is 1. The summed E-state index contributed by atoms with van der Waals surface area (Å²) < 4.78 is 12.9. The maximum absolute atomic E-state index is 12.9. The van der Waals surface area contributed by atoms with E-state index in [0.29, 0.717) is 5.39 Å². The van der Waals surface area contributed by atoms with Crippen molar-refractivity contribution in [2.45, 2.75) is 0 Å². The van der Waals surface area contributed by atoms with Gasteiger partial charge in [0.1, 0.15) is 11.5 Å².